The van der Waals surface area contributed by atoms with Crippen LogP contribution in [0.2, 0.25) is 0 Å². The minimum absolute atomic E-state index is 0.0385. The molecule has 23 heavy (non-hydrogen) atoms. The SMILES string of the molecule is Cc1cccc(C)c1Nc1nnc(-c2cc(F)c(F)c(F)c2)o1. The zero-order valence-corrected chi connectivity index (χ0v) is 12.3. The first-order chi connectivity index (χ1) is 11.0. The maximum atomic E-state index is 13.3. The molecule has 0 aliphatic heterocycles. The first-order valence-corrected chi connectivity index (χ1v) is 6.77. The van der Waals surface area contributed by atoms with E-state index in [2.05, 4.69) is 15.5 Å². The summed E-state index contributed by atoms with van der Waals surface area (Å²) in [7, 11) is 0. The number of nitrogens with one attached hydrogen (secondary N) is 1. The van der Waals surface area contributed by atoms with Crippen molar-refractivity contribution in [1.82, 2.24) is 10.2 Å². The molecule has 2 aromatic carbocycles. The molecule has 1 heterocycles. The second kappa shape index (κ2) is 5.75. The summed E-state index contributed by atoms with van der Waals surface area (Å²) in [5.74, 6) is -4.29. The van der Waals surface area contributed by atoms with Crippen LogP contribution in [-0.4, -0.2) is 10.2 Å². The van der Waals surface area contributed by atoms with Crippen LogP contribution in [0.25, 0.3) is 11.5 Å². The lowest BCUT2D eigenvalue weighted by molar-refractivity contribution is 0.447. The zero-order valence-electron chi connectivity index (χ0n) is 12.3. The summed E-state index contributed by atoms with van der Waals surface area (Å²) in [4.78, 5) is 0. The van der Waals surface area contributed by atoms with E-state index in [1.165, 1.54) is 0 Å². The largest absolute Gasteiger partial charge is 0.403 e. The Morgan fingerprint density at radius 3 is 2.17 bits per heavy atom. The number of para-hydroxylation sites is 1. The van der Waals surface area contributed by atoms with Crippen molar-refractivity contribution in [3.63, 3.8) is 0 Å². The predicted octanol–water partition coefficient (Wildman–Crippen LogP) is 4.51. The van der Waals surface area contributed by atoms with Gasteiger partial charge in [-0.25, -0.2) is 13.2 Å². The number of halogens is 3. The van der Waals surface area contributed by atoms with E-state index in [-0.39, 0.29) is 17.5 Å². The number of aromatic nitrogens is 2. The summed E-state index contributed by atoms with van der Waals surface area (Å²) in [6.45, 7) is 3.83. The van der Waals surface area contributed by atoms with Gasteiger partial charge in [0.05, 0.1) is 0 Å². The van der Waals surface area contributed by atoms with Crippen molar-refractivity contribution in [2.24, 2.45) is 0 Å². The molecule has 118 valence electrons. The van der Waals surface area contributed by atoms with Gasteiger partial charge in [0, 0.05) is 11.3 Å². The van der Waals surface area contributed by atoms with Crippen molar-refractivity contribution in [3.8, 4) is 11.5 Å². The fraction of sp³-hybridized carbons (Fsp3) is 0.125. The van der Waals surface area contributed by atoms with Gasteiger partial charge in [0.25, 0.3) is 0 Å². The van der Waals surface area contributed by atoms with Crippen molar-refractivity contribution >= 4 is 11.7 Å². The molecule has 0 aliphatic rings. The van der Waals surface area contributed by atoms with Gasteiger partial charge in [-0.15, -0.1) is 5.10 Å². The summed E-state index contributed by atoms with van der Waals surface area (Å²) in [6, 6.07) is 7.42. The highest BCUT2D eigenvalue weighted by Gasteiger charge is 2.16. The first-order valence-electron chi connectivity index (χ1n) is 6.77. The Morgan fingerprint density at radius 2 is 1.57 bits per heavy atom. The molecule has 0 bridgehead atoms. The Kier molecular flexibility index (Phi) is 3.77. The summed E-state index contributed by atoms with van der Waals surface area (Å²) in [6.07, 6.45) is 0. The van der Waals surface area contributed by atoms with Gasteiger partial charge in [-0.3, -0.25) is 0 Å². The van der Waals surface area contributed by atoms with E-state index in [0.717, 1.165) is 28.9 Å². The van der Waals surface area contributed by atoms with Crippen LogP contribution in [0.1, 0.15) is 11.1 Å². The lowest BCUT2D eigenvalue weighted by Crippen LogP contribution is -1.95. The minimum atomic E-state index is -1.54. The van der Waals surface area contributed by atoms with Crippen LogP contribution in [0.3, 0.4) is 0 Å². The third kappa shape index (κ3) is 2.90. The normalized spacial score (nSPS) is 10.8. The quantitative estimate of drug-likeness (QED) is 0.721. The summed E-state index contributed by atoms with van der Waals surface area (Å²) >= 11 is 0. The number of anilines is 2. The van der Waals surface area contributed by atoms with E-state index in [9.17, 15) is 13.2 Å². The zero-order chi connectivity index (χ0) is 16.6. The summed E-state index contributed by atoms with van der Waals surface area (Å²) in [5, 5.41) is 10.5. The van der Waals surface area contributed by atoms with Gasteiger partial charge in [-0.05, 0) is 37.1 Å². The van der Waals surface area contributed by atoms with Gasteiger partial charge < -0.3 is 9.73 Å². The van der Waals surface area contributed by atoms with Gasteiger partial charge in [0.15, 0.2) is 17.5 Å². The molecule has 0 saturated carbocycles. The van der Waals surface area contributed by atoms with Crippen LogP contribution in [0.5, 0.6) is 0 Å². The van der Waals surface area contributed by atoms with Crippen LogP contribution in [0.15, 0.2) is 34.7 Å². The van der Waals surface area contributed by atoms with Crippen molar-refractivity contribution in [3.05, 3.63) is 58.9 Å². The van der Waals surface area contributed by atoms with E-state index in [4.69, 9.17) is 4.42 Å². The molecule has 4 nitrogen and oxygen atoms in total. The van der Waals surface area contributed by atoms with Crippen LogP contribution in [0, 0.1) is 31.3 Å². The molecule has 0 atom stereocenters. The van der Waals surface area contributed by atoms with E-state index in [0.29, 0.717) is 0 Å². The van der Waals surface area contributed by atoms with Crippen molar-refractivity contribution < 1.29 is 17.6 Å². The average molecular weight is 319 g/mol. The van der Waals surface area contributed by atoms with E-state index in [1.54, 1.807) is 0 Å². The van der Waals surface area contributed by atoms with Gasteiger partial charge >= 0.3 is 6.01 Å². The second-order valence-electron chi connectivity index (χ2n) is 5.06. The highest BCUT2D eigenvalue weighted by molar-refractivity contribution is 5.63. The fourth-order valence-electron chi connectivity index (χ4n) is 2.19. The molecule has 3 aromatic rings. The molecule has 0 spiro atoms. The number of nitrogens with zero attached hydrogens (tertiary/aromatic N) is 2. The summed E-state index contributed by atoms with van der Waals surface area (Å²) in [5.41, 5.74) is 2.72. The molecular weight excluding hydrogens is 307 g/mol. The van der Waals surface area contributed by atoms with Gasteiger partial charge in [-0.2, -0.15) is 0 Å². The Bertz CT molecular complexity index is 834. The number of hydrogen-bond donors (Lipinski definition) is 1. The van der Waals surface area contributed by atoms with Crippen LogP contribution < -0.4 is 5.32 Å². The van der Waals surface area contributed by atoms with Crippen LogP contribution in [-0.2, 0) is 0 Å². The molecule has 0 radical (unpaired) electrons. The van der Waals surface area contributed by atoms with E-state index >= 15 is 0 Å². The Hall–Kier alpha value is -2.83. The molecule has 0 amide bonds. The Balaban J connectivity index is 1.92. The van der Waals surface area contributed by atoms with E-state index in [1.807, 2.05) is 32.0 Å². The van der Waals surface area contributed by atoms with Gasteiger partial charge in [-0.1, -0.05) is 23.3 Å². The monoisotopic (exact) mass is 319 g/mol. The highest BCUT2D eigenvalue weighted by Crippen LogP contribution is 2.27. The standard InChI is InChI=1S/C16H12F3N3O/c1-8-4-3-5-9(2)14(8)20-16-22-21-15(23-16)10-6-11(17)13(19)12(18)7-10/h3-7H,1-2H3,(H,20,22). The predicted molar refractivity (Wildman–Crippen MR) is 78.8 cm³/mol. The Morgan fingerprint density at radius 1 is 0.957 bits per heavy atom. The lowest BCUT2D eigenvalue weighted by Gasteiger charge is -2.08. The van der Waals surface area contributed by atoms with Gasteiger partial charge in [0.1, 0.15) is 0 Å². The molecule has 7 heteroatoms. The number of aryl methyl sites for hydroxylation is 2. The molecule has 0 aliphatic carbocycles. The maximum absolute atomic E-state index is 13.3. The average Bonchev–Trinajstić information content (AvgIpc) is 2.97. The number of rotatable bonds is 3. The molecule has 0 fully saturated rings. The molecule has 0 saturated heterocycles. The Labute approximate surface area is 130 Å². The number of hydrogen-bond acceptors (Lipinski definition) is 4. The van der Waals surface area contributed by atoms with Crippen molar-refractivity contribution in [2.45, 2.75) is 13.8 Å². The lowest BCUT2D eigenvalue weighted by atomic mass is 10.1. The molecular formula is C16H12F3N3O. The molecule has 0 unspecified atom stereocenters. The van der Waals surface area contributed by atoms with Crippen molar-refractivity contribution in [2.75, 3.05) is 5.32 Å². The molecule has 3 rings (SSSR count). The van der Waals surface area contributed by atoms with Crippen molar-refractivity contribution in [1.29, 1.82) is 0 Å². The van der Waals surface area contributed by atoms with Crippen LogP contribution >= 0.6 is 0 Å². The maximum Gasteiger partial charge on any atom is 0.320 e. The molecule has 1 N–H and O–H groups in total. The fourth-order valence-corrected chi connectivity index (χ4v) is 2.19. The topological polar surface area (TPSA) is 51.0 Å². The number of benzene rings is 2. The summed E-state index contributed by atoms with van der Waals surface area (Å²) < 4.78 is 44.9. The smallest absolute Gasteiger partial charge is 0.320 e. The highest BCUT2D eigenvalue weighted by atomic mass is 19.2. The third-order valence-electron chi connectivity index (χ3n) is 3.37. The molecule has 1 aromatic heterocycles. The minimum Gasteiger partial charge on any atom is -0.403 e. The van der Waals surface area contributed by atoms with E-state index < -0.39 is 17.5 Å². The third-order valence-corrected chi connectivity index (χ3v) is 3.37. The first kappa shape index (κ1) is 15.1. The second-order valence-corrected chi connectivity index (χ2v) is 5.06. The van der Waals surface area contributed by atoms with Gasteiger partial charge in [0.2, 0.25) is 5.89 Å². The van der Waals surface area contributed by atoms with Crippen LogP contribution in [0.4, 0.5) is 24.9 Å².